The third-order valence-electron chi connectivity index (χ3n) is 2.14. The first-order valence-electron chi connectivity index (χ1n) is 5.42. The van der Waals surface area contributed by atoms with Crippen molar-refractivity contribution in [1.29, 1.82) is 0 Å². The van der Waals surface area contributed by atoms with Crippen molar-refractivity contribution in [3.8, 4) is 0 Å². The number of hydrogen-bond acceptors (Lipinski definition) is 4. The van der Waals surface area contributed by atoms with Crippen molar-refractivity contribution in [2.75, 3.05) is 11.9 Å². The van der Waals surface area contributed by atoms with Crippen molar-refractivity contribution in [2.45, 2.75) is 26.8 Å². The first kappa shape index (κ1) is 13.0. The maximum atomic E-state index is 11.4. The lowest BCUT2D eigenvalue weighted by Gasteiger charge is -2.12. The summed E-state index contributed by atoms with van der Waals surface area (Å²) < 4.78 is 4.86. The van der Waals surface area contributed by atoms with E-state index in [1.807, 2.05) is 0 Å². The minimum atomic E-state index is -0.456. The second-order valence-electron chi connectivity index (χ2n) is 3.58. The molecule has 17 heavy (non-hydrogen) atoms. The summed E-state index contributed by atoms with van der Waals surface area (Å²) in [7, 11) is 0. The molecule has 0 bridgehead atoms. The van der Waals surface area contributed by atoms with Gasteiger partial charge >= 0.3 is 5.97 Å². The van der Waals surface area contributed by atoms with Crippen LogP contribution in [0.5, 0.6) is 0 Å². The van der Waals surface area contributed by atoms with Crippen LogP contribution in [0.1, 0.15) is 31.1 Å². The number of carbonyl (C=O) groups excluding carboxylic acids is 2. The summed E-state index contributed by atoms with van der Waals surface area (Å²) in [5.41, 5.74) is 1.08. The lowest BCUT2D eigenvalue weighted by molar-refractivity contribution is -0.143. The van der Waals surface area contributed by atoms with Crippen molar-refractivity contribution in [2.24, 2.45) is 0 Å². The molecule has 4 heteroatoms. The minimum Gasteiger partial charge on any atom is -0.464 e. The highest BCUT2D eigenvalue weighted by Gasteiger charge is 2.13. The maximum Gasteiger partial charge on any atom is 0.328 e. The van der Waals surface area contributed by atoms with E-state index in [1.165, 1.54) is 6.92 Å². The van der Waals surface area contributed by atoms with Crippen LogP contribution >= 0.6 is 0 Å². The number of ether oxygens (including phenoxy) is 1. The Bertz CT molecular complexity index is 398. The third kappa shape index (κ3) is 3.80. The molecule has 1 rings (SSSR count). The van der Waals surface area contributed by atoms with Gasteiger partial charge in [0, 0.05) is 0 Å². The lowest BCUT2D eigenvalue weighted by atomic mass is 10.2. The molecule has 0 amide bonds. The van der Waals surface area contributed by atoms with Gasteiger partial charge in [-0.2, -0.15) is 0 Å². The number of ketones is 1. The summed E-state index contributed by atoms with van der Waals surface area (Å²) in [6.45, 7) is 5.27. The molecule has 0 heterocycles. The first-order valence-corrected chi connectivity index (χ1v) is 5.42. The number of Topliss-reactive ketones (excluding diaryl/α,β-unsaturated/α-hetero) is 1. The van der Waals surface area contributed by atoms with E-state index >= 15 is 0 Å². The summed E-state index contributed by atoms with van der Waals surface area (Å²) in [5, 5.41) is 2.92. The normalized spacial score (nSPS) is 11.2. The number of anilines is 1. The molecule has 1 N–H and O–H groups in total. The Balaban J connectivity index is 2.63. The molecule has 0 aliphatic rings. The topological polar surface area (TPSA) is 55.4 Å². The fourth-order valence-corrected chi connectivity index (χ4v) is 1.23. The predicted octanol–water partition coefficient (Wildman–Crippen LogP) is 1.85. The molecular weight excluding hydrogens is 218 g/mol. The van der Waals surface area contributed by atoms with E-state index < -0.39 is 6.04 Å². The SMILES string of the molecule is CCOC(=O)C(C)Nc1c#cc(C(C)=O)cc1. The Morgan fingerprint density at radius 3 is 2.59 bits per heavy atom. The van der Waals surface area contributed by atoms with Crippen LogP contribution in [0.3, 0.4) is 0 Å². The molecule has 0 fully saturated rings. The van der Waals surface area contributed by atoms with Gasteiger partial charge in [-0.05, 0) is 39.0 Å². The standard InChI is InChI=1S/C13H15NO3/c1-4-17-13(16)9(2)14-12-7-5-11(6-8-12)10(3)15/h5,7,9,14H,4H2,1-3H3. The Morgan fingerprint density at radius 1 is 1.41 bits per heavy atom. The van der Waals surface area contributed by atoms with Crippen molar-refractivity contribution >= 4 is 17.4 Å². The maximum absolute atomic E-state index is 11.4. The fraction of sp³-hybridized carbons (Fsp3) is 0.385. The van der Waals surface area contributed by atoms with E-state index in [4.69, 9.17) is 4.74 Å². The molecule has 0 aliphatic carbocycles. The average Bonchev–Trinajstić information content (AvgIpc) is 2.30. The second-order valence-corrected chi connectivity index (χ2v) is 3.58. The zero-order chi connectivity index (χ0) is 12.8. The number of rotatable bonds is 5. The molecule has 90 valence electrons. The van der Waals surface area contributed by atoms with Crippen LogP contribution in [0.4, 0.5) is 5.69 Å². The molecule has 0 saturated heterocycles. The fourth-order valence-electron chi connectivity index (χ4n) is 1.23. The molecule has 0 saturated carbocycles. The molecular formula is C13H15NO3. The van der Waals surface area contributed by atoms with Gasteiger partial charge in [0.1, 0.15) is 6.04 Å². The highest BCUT2D eigenvalue weighted by atomic mass is 16.5. The van der Waals surface area contributed by atoms with Crippen LogP contribution in [0.25, 0.3) is 0 Å². The van der Waals surface area contributed by atoms with Gasteiger partial charge < -0.3 is 10.1 Å². The summed E-state index contributed by atoms with van der Waals surface area (Å²) in [6.07, 6.45) is 0. The van der Waals surface area contributed by atoms with E-state index in [0.29, 0.717) is 17.9 Å². The van der Waals surface area contributed by atoms with Gasteiger partial charge in [-0.1, -0.05) is 6.07 Å². The first-order chi connectivity index (χ1) is 8.04. The van der Waals surface area contributed by atoms with E-state index in [9.17, 15) is 9.59 Å². The third-order valence-corrected chi connectivity index (χ3v) is 2.14. The average molecular weight is 233 g/mol. The zero-order valence-electron chi connectivity index (χ0n) is 10.2. The number of hydrogen-bond donors (Lipinski definition) is 1. The van der Waals surface area contributed by atoms with E-state index in [-0.39, 0.29) is 11.8 Å². The minimum absolute atomic E-state index is 0.0637. The van der Waals surface area contributed by atoms with Gasteiger partial charge in [0.2, 0.25) is 0 Å². The predicted molar refractivity (Wildman–Crippen MR) is 63.8 cm³/mol. The summed E-state index contributed by atoms with van der Waals surface area (Å²) >= 11 is 0. The molecule has 0 aromatic heterocycles. The highest BCUT2D eigenvalue weighted by molar-refractivity contribution is 5.93. The van der Waals surface area contributed by atoms with E-state index in [0.717, 1.165) is 0 Å². The van der Waals surface area contributed by atoms with Gasteiger partial charge in [-0.25, -0.2) is 4.79 Å². The van der Waals surface area contributed by atoms with Crippen molar-refractivity contribution in [3.05, 3.63) is 29.8 Å². The van der Waals surface area contributed by atoms with Gasteiger partial charge in [0.05, 0.1) is 17.9 Å². The zero-order valence-corrected chi connectivity index (χ0v) is 10.2. The van der Waals surface area contributed by atoms with Gasteiger partial charge in [0.25, 0.3) is 0 Å². The summed E-state index contributed by atoms with van der Waals surface area (Å²) in [5.74, 6) is -0.386. The summed E-state index contributed by atoms with van der Waals surface area (Å²) in [6, 6.07) is 8.37. The molecule has 1 aromatic rings. The Kier molecular flexibility index (Phi) is 4.53. The second kappa shape index (κ2) is 5.90. The van der Waals surface area contributed by atoms with Gasteiger partial charge in [-0.15, -0.1) is 0 Å². The van der Waals surface area contributed by atoms with Crippen LogP contribution in [-0.2, 0) is 9.53 Å². The molecule has 0 radical (unpaired) electrons. The smallest absolute Gasteiger partial charge is 0.328 e. The van der Waals surface area contributed by atoms with Gasteiger partial charge in [-0.3, -0.25) is 4.79 Å². The number of esters is 1. The monoisotopic (exact) mass is 233 g/mol. The molecule has 1 atom stereocenters. The molecule has 1 aromatic carbocycles. The van der Waals surface area contributed by atoms with Crippen LogP contribution < -0.4 is 5.32 Å². The molecule has 1 unspecified atom stereocenters. The van der Waals surface area contributed by atoms with Crippen molar-refractivity contribution < 1.29 is 14.3 Å². The van der Waals surface area contributed by atoms with Crippen LogP contribution in [0.2, 0.25) is 0 Å². The Labute approximate surface area is 101 Å². The van der Waals surface area contributed by atoms with Crippen LogP contribution in [0.15, 0.2) is 12.1 Å². The molecule has 0 aliphatic heterocycles. The van der Waals surface area contributed by atoms with Crippen molar-refractivity contribution in [3.63, 3.8) is 0 Å². The van der Waals surface area contributed by atoms with Crippen LogP contribution in [0, 0.1) is 12.1 Å². The van der Waals surface area contributed by atoms with Gasteiger partial charge in [0.15, 0.2) is 5.78 Å². The van der Waals surface area contributed by atoms with Crippen molar-refractivity contribution in [1.82, 2.24) is 0 Å². The largest absolute Gasteiger partial charge is 0.464 e. The van der Waals surface area contributed by atoms with E-state index in [2.05, 4.69) is 17.4 Å². The molecule has 4 nitrogen and oxygen atoms in total. The molecule has 0 spiro atoms. The Hall–Kier alpha value is -2.02. The lowest BCUT2D eigenvalue weighted by Crippen LogP contribution is -2.28. The van der Waals surface area contributed by atoms with Crippen LogP contribution in [-0.4, -0.2) is 24.4 Å². The number of carbonyl (C=O) groups is 2. The van der Waals surface area contributed by atoms with E-state index in [1.54, 1.807) is 26.0 Å². The highest BCUT2D eigenvalue weighted by Crippen LogP contribution is 2.07. The quantitative estimate of drug-likeness (QED) is 0.623. The number of nitrogens with one attached hydrogen (secondary N) is 1. The summed E-state index contributed by atoms with van der Waals surface area (Å²) in [4.78, 5) is 22.4. The Morgan fingerprint density at radius 2 is 2.12 bits per heavy atom.